The van der Waals surface area contributed by atoms with E-state index in [-0.39, 0.29) is 0 Å². The number of aryl methyl sites for hydroxylation is 1. The van der Waals surface area contributed by atoms with Crippen LogP contribution in [0.15, 0.2) is 30.3 Å². The van der Waals surface area contributed by atoms with E-state index in [0.29, 0.717) is 11.6 Å². The maximum Gasteiger partial charge on any atom is 0.352 e. The molecule has 1 saturated heterocycles. The van der Waals surface area contributed by atoms with Crippen LogP contribution in [0.1, 0.15) is 29.8 Å². The molecule has 1 fully saturated rings. The number of hydrogen-bond donors (Lipinski definition) is 1. The number of para-hydroxylation sites is 1. The molecular weight excluding hydrogens is 304 g/mol. The molecule has 1 aliphatic heterocycles. The molecule has 1 aliphatic rings. The smallest absolute Gasteiger partial charge is 0.352 e. The highest BCUT2D eigenvalue weighted by Crippen LogP contribution is 2.25. The van der Waals surface area contributed by atoms with Crippen LogP contribution in [0.2, 0.25) is 0 Å². The van der Waals surface area contributed by atoms with Crippen LogP contribution in [-0.2, 0) is 11.3 Å². The average Bonchev–Trinajstić information content (AvgIpc) is 2.98. The van der Waals surface area contributed by atoms with Gasteiger partial charge in [0.15, 0.2) is 0 Å². The van der Waals surface area contributed by atoms with Crippen LogP contribution in [0.25, 0.3) is 10.9 Å². The Bertz CT molecular complexity index is 687. The van der Waals surface area contributed by atoms with Crippen molar-refractivity contribution in [3.8, 4) is 0 Å². The summed E-state index contributed by atoms with van der Waals surface area (Å²) in [6, 6.07) is 9.69. The second-order valence-electron chi connectivity index (χ2n) is 6.61. The van der Waals surface area contributed by atoms with Crippen molar-refractivity contribution in [2.45, 2.75) is 25.8 Å². The van der Waals surface area contributed by atoms with Crippen LogP contribution in [0.5, 0.6) is 0 Å². The molecule has 0 unspecified atom stereocenters. The van der Waals surface area contributed by atoms with Gasteiger partial charge in [0.1, 0.15) is 5.69 Å². The van der Waals surface area contributed by atoms with E-state index in [4.69, 9.17) is 4.74 Å². The number of ether oxygens (including phenoxy) is 1. The van der Waals surface area contributed by atoms with Gasteiger partial charge in [-0.15, -0.1) is 0 Å². The lowest BCUT2D eigenvalue weighted by atomic mass is 9.93. The number of likely N-dealkylation sites (tertiary alicyclic amines) is 1. The number of piperidine rings is 1. The van der Waals surface area contributed by atoms with Crippen LogP contribution < -0.4 is 0 Å². The number of aromatic carboxylic acids is 1. The van der Waals surface area contributed by atoms with E-state index in [2.05, 4.69) is 4.90 Å². The van der Waals surface area contributed by atoms with Crippen molar-refractivity contribution in [2.75, 3.05) is 33.4 Å². The molecule has 0 spiro atoms. The SMILES string of the molecule is COCCN1CCC(CCn2c(C(=O)O)cc3ccccc32)CC1. The normalized spacial score (nSPS) is 16.7. The van der Waals surface area contributed by atoms with Crippen molar-refractivity contribution in [3.63, 3.8) is 0 Å². The first kappa shape index (κ1) is 17.0. The van der Waals surface area contributed by atoms with Gasteiger partial charge in [-0.2, -0.15) is 0 Å². The Balaban J connectivity index is 1.62. The Morgan fingerprint density at radius 2 is 2.00 bits per heavy atom. The van der Waals surface area contributed by atoms with Gasteiger partial charge >= 0.3 is 5.97 Å². The monoisotopic (exact) mass is 330 g/mol. The van der Waals surface area contributed by atoms with Gasteiger partial charge in [-0.1, -0.05) is 18.2 Å². The number of aromatic nitrogens is 1. The second-order valence-corrected chi connectivity index (χ2v) is 6.61. The maximum absolute atomic E-state index is 11.5. The number of hydrogen-bond acceptors (Lipinski definition) is 3. The molecule has 1 aromatic heterocycles. The number of carboxylic acid groups (broad SMARTS) is 1. The summed E-state index contributed by atoms with van der Waals surface area (Å²) < 4.78 is 7.11. The fraction of sp³-hybridized carbons (Fsp3) is 0.526. The zero-order chi connectivity index (χ0) is 16.9. The van der Waals surface area contributed by atoms with Gasteiger partial charge < -0.3 is 19.3 Å². The molecule has 0 atom stereocenters. The first-order valence-corrected chi connectivity index (χ1v) is 8.72. The third-order valence-corrected chi connectivity index (χ3v) is 5.11. The van der Waals surface area contributed by atoms with Gasteiger partial charge in [0.25, 0.3) is 0 Å². The van der Waals surface area contributed by atoms with Crippen LogP contribution >= 0.6 is 0 Å². The number of methoxy groups -OCH3 is 1. The summed E-state index contributed by atoms with van der Waals surface area (Å²) in [6.45, 7) is 4.81. The Hall–Kier alpha value is -1.85. The molecule has 2 aromatic rings. The summed E-state index contributed by atoms with van der Waals surface area (Å²) >= 11 is 0. The number of fused-ring (bicyclic) bond motifs is 1. The molecule has 0 saturated carbocycles. The lowest BCUT2D eigenvalue weighted by Crippen LogP contribution is -2.36. The van der Waals surface area contributed by atoms with Gasteiger partial charge in [-0.05, 0) is 50.4 Å². The average molecular weight is 330 g/mol. The fourth-order valence-corrected chi connectivity index (χ4v) is 3.66. The summed E-state index contributed by atoms with van der Waals surface area (Å²) in [5, 5.41) is 10.5. The number of carboxylic acids is 1. The molecule has 5 heteroatoms. The highest BCUT2D eigenvalue weighted by atomic mass is 16.5. The summed E-state index contributed by atoms with van der Waals surface area (Å²) in [4.78, 5) is 14.0. The third-order valence-electron chi connectivity index (χ3n) is 5.11. The molecule has 5 nitrogen and oxygen atoms in total. The van der Waals surface area contributed by atoms with E-state index in [9.17, 15) is 9.90 Å². The van der Waals surface area contributed by atoms with Crippen molar-refractivity contribution in [2.24, 2.45) is 5.92 Å². The first-order valence-electron chi connectivity index (χ1n) is 8.72. The third kappa shape index (κ3) is 3.79. The van der Waals surface area contributed by atoms with Crippen molar-refractivity contribution < 1.29 is 14.6 Å². The highest BCUT2D eigenvalue weighted by molar-refractivity contribution is 5.94. The lowest BCUT2D eigenvalue weighted by Gasteiger charge is -2.31. The zero-order valence-electron chi connectivity index (χ0n) is 14.3. The topological polar surface area (TPSA) is 54.7 Å². The molecule has 1 N–H and O–H groups in total. The minimum atomic E-state index is -0.847. The van der Waals surface area contributed by atoms with Gasteiger partial charge in [0.05, 0.1) is 6.61 Å². The standard InChI is InChI=1S/C19H26N2O3/c1-24-13-12-20-9-6-15(7-10-20)8-11-21-17-5-3-2-4-16(17)14-18(21)19(22)23/h2-5,14-15H,6-13H2,1H3,(H,22,23). The van der Waals surface area contributed by atoms with Crippen LogP contribution in [0, 0.1) is 5.92 Å². The molecule has 24 heavy (non-hydrogen) atoms. The maximum atomic E-state index is 11.5. The van der Waals surface area contributed by atoms with E-state index in [1.807, 2.05) is 28.8 Å². The predicted octanol–water partition coefficient (Wildman–Crippen LogP) is 3.09. The Morgan fingerprint density at radius 1 is 1.25 bits per heavy atom. The van der Waals surface area contributed by atoms with Crippen molar-refractivity contribution in [3.05, 3.63) is 36.0 Å². The Labute approximate surface area is 142 Å². The molecule has 0 amide bonds. The summed E-state index contributed by atoms with van der Waals surface area (Å²) in [5.41, 5.74) is 1.42. The quantitative estimate of drug-likeness (QED) is 0.847. The van der Waals surface area contributed by atoms with E-state index < -0.39 is 5.97 Å². The van der Waals surface area contributed by atoms with Crippen LogP contribution in [-0.4, -0.2) is 53.9 Å². The van der Waals surface area contributed by atoms with Gasteiger partial charge in [0, 0.05) is 31.1 Å². The Kier molecular flexibility index (Phi) is 5.53. The zero-order valence-corrected chi connectivity index (χ0v) is 14.3. The number of rotatable bonds is 7. The molecular formula is C19H26N2O3. The van der Waals surface area contributed by atoms with E-state index in [1.165, 1.54) is 12.8 Å². The summed E-state index contributed by atoms with van der Waals surface area (Å²) in [6.07, 6.45) is 3.41. The number of benzene rings is 1. The molecule has 0 radical (unpaired) electrons. The molecule has 0 aliphatic carbocycles. The van der Waals surface area contributed by atoms with Gasteiger partial charge in [-0.3, -0.25) is 0 Å². The van der Waals surface area contributed by atoms with Crippen LogP contribution in [0.3, 0.4) is 0 Å². The summed E-state index contributed by atoms with van der Waals surface area (Å²) in [5.74, 6) is -0.174. The minimum absolute atomic E-state index is 0.397. The first-order chi connectivity index (χ1) is 11.7. The summed E-state index contributed by atoms with van der Waals surface area (Å²) in [7, 11) is 1.74. The molecule has 2 heterocycles. The fourth-order valence-electron chi connectivity index (χ4n) is 3.66. The number of carbonyl (C=O) groups is 1. The number of nitrogens with zero attached hydrogens (tertiary/aromatic N) is 2. The minimum Gasteiger partial charge on any atom is -0.477 e. The highest BCUT2D eigenvalue weighted by Gasteiger charge is 2.20. The van der Waals surface area contributed by atoms with Crippen molar-refractivity contribution in [1.29, 1.82) is 0 Å². The van der Waals surface area contributed by atoms with Gasteiger partial charge in [-0.25, -0.2) is 4.79 Å². The predicted molar refractivity (Wildman–Crippen MR) is 94.6 cm³/mol. The van der Waals surface area contributed by atoms with E-state index in [1.54, 1.807) is 13.2 Å². The molecule has 130 valence electrons. The largest absolute Gasteiger partial charge is 0.477 e. The van der Waals surface area contributed by atoms with E-state index >= 15 is 0 Å². The van der Waals surface area contributed by atoms with E-state index in [0.717, 1.165) is 50.1 Å². The molecule has 0 bridgehead atoms. The van der Waals surface area contributed by atoms with Crippen LogP contribution in [0.4, 0.5) is 0 Å². The lowest BCUT2D eigenvalue weighted by molar-refractivity contribution is 0.0684. The Morgan fingerprint density at radius 3 is 2.71 bits per heavy atom. The molecule has 1 aromatic carbocycles. The van der Waals surface area contributed by atoms with Crippen molar-refractivity contribution in [1.82, 2.24) is 9.47 Å². The van der Waals surface area contributed by atoms with Gasteiger partial charge in [0.2, 0.25) is 0 Å². The second kappa shape index (κ2) is 7.81. The van der Waals surface area contributed by atoms with Crippen molar-refractivity contribution >= 4 is 16.9 Å². The molecule has 3 rings (SSSR count).